The van der Waals surface area contributed by atoms with E-state index >= 15 is 0 Å². The Balaban J connectivity index is 1.96. The fourth-order valence-electron chi connectivity index (χ4n) is 3.18. The molecule has 1 fully saturated rings. The molecule has 0 unspecified atom stereocenters. The van der Waals surface area contributed by atoms with Crippen molar-refractivity contribution in [3.8, 4) is 11.5 Å². The van der Waals surface area contributed by atoms with Crippen LogP contribution in [0, 0.1) is 13.8 Å². The van der Waals surface area contributed by atoms with Gasteiger partial charge in [0.15, 0.2) is 0 Å². The van der Waals surface area contributed by atoms with Gasteiger partial charge in [-0.3, -0.25) is 0 Å². The van der Waals surface area contributed by atoms with Crippen LogP contribution in [0.5, 0.6) is 11.5 Å². The highest BCUT2D eigenvalue weighted by Gasteiger charge is 2.31. The molecule has 0 amide bonds. The minimum Gasteiger partial charge on any atom is -0.495 e. The van der Waals surface area contributed by atoms with Crippen molar-refractivity contribution < 1.29 is 22.7 Å². The number of rotatable bonds is 5. The molecule has 1 heterocycles. The van der Waals surface area contributed by atoms with E-state index in [2.05, 4.69) is 0 Å². The predicted octanol–water partition coefficient (Wildman–Crippen LogP) is 3.32. The van der Waals surface area contributed by atoms with Crippen molar-refractivity contribution in [3.63, 3.8) is 0 Å². The Morgan fingerprint density at radius 2 is 1.67 bits per heavy atom. The quantitative estimate of drug-likeness (QED) is 0.579. The van der Waals surface area contributed by atoms with Crippen molar-refractivity contribution in [2.45, 2.75) is 31.6 Å². The minimum atomic E-state index is -3.73. The second-order valence-electron chi connectivity index (χ2n) is 6.59. The van der Waals surface area contributed by atoms with E-state index in [9.17, 15) is 13.2 Å². The van der Waals surface area contributed by atoms with E-state index in [0.717, 1.165) is 24.0 Å². The smallest absolute Gasteiger partial charge is 0.343 e. The summed E-state index contributed by atoms with van der Waals surface area (Å²) < 4.78 is 38.1. The Morgan fingerprint density at radius 1 is 1.04 bits per heavy atom. The zero-order valence-corrected chi connectivity index (χ0v) is 16.5. The molecule has 6 nitrogen and oxygen atoms in total. The molecular weight excluding hydrogens is 366 g/mol. The third-order valence-electron chi connectivity index (χ3n) is 4.69. The second kappa shape index (κ2) is 7.70. The van der Waals surface area contributed by atoms with Crippen molar-refractivity contribution in [2.75, 3.05) is 20.2 Å². The Morgan fingerprint density at radius 3 is 2.26 bits per heavy atom. The van der Waals surface area contributed by atoms with E-state index in [1.165, 1.54) is 29.6 Å². The molecule has 0 aliphatic carbocycles. The minimum absolute atomic E-state index is 0.0112. The summed E-state index contributed by atoms with van der Waals surface area (Å²) in [5, 5.41) is 0. The van der Waals surface area contributed by atoms with Gasteiger partial charge >= 0.3 is 5.97 Å². The Labute approximate surface area is 159 Å². The van der Waals surface area contributed by atoms with Crippen LogP contribution in [0.1, 0.15) is 34.3 Å². The maximum Gasteiger partial charge on any atom is 0.343 e. The highest BCUT2D eigenvalue weighted by atomic mass is 32.2. The lowest BCUT2D eigenvalue weighted by Crippen LogP contribution is -2.28. The van der Waals surface area contributed by atoms with E-state index in [-0.39, 0.29) is 16.2 Å². The first kappa shape index (κ1) is 19.4. The number of nitrogens with zero attached hydrogens (tertiary/aromatic N) is 1. The van der Waals surface area contributed by atoms with E-state index in [0.29, 0.717) is 18.8 Å². The van der Waals surface area contributed by atoms with Gasteiger partial charge in [-0.2, -0.15) is 4.31 Å². The molecule has 2 aromatic rings. The van der Waals surface area contributed by atoms with E-state index in [1.54, 1.807) is 0 Å². The summed E-state index contributed by atoms with van der Waals surface area (Å²) in [6.07, 6.45) is 1.66. The van der Waals surface area contributed by atoms with E-state index in [4.69, 9.17) is 9.47 Å². The Kier molecular flexibility index (Phi) is 5.53. The fourth-order valence-corrected chi connectivity index (χ4v) is 4.88. The van der Waals surface area contributed by atoms with Crippen LogP contribution in [-0.2, 0) is 10.0 Å². The molecule has 1 aliphatic rings. The Hall–Kier alpha value is -2.38. The number of sulfonamides is 1. The molecule has 1 saturated heterocycles. The SMILES string of the molecule is COc1ccc(C(=O)Oc2c(C)cccc2C)cc1S(=O)(=O)N1CCCC1. The van der Waals surface area contributed by atoms with Gasteiger partial charge in [0.2, 0.25) is 10.0 Å². The maximum atomic E-state index is 12.9. The number of ether oxygens (including phenoxy) is 2. The molecule has 0 radical (unpaired) electrons. The molecule has 27 heavy (non-hydrogen) atoms. The molecule has 2 aromatic carbocycles. The lowest BCUT2D eigenvalue weighted by molar-refractivity contribution is 0.0732. The van der Waals surface area contributed by atoms with Crippen LogP contribution in [0.2, 0.25) is 0 Å². The van der Waals surface area contributed by atoms with Gasteiger partial charge in [0.25, 0.3) is 0 Å². The number of carbonyl (C=O) groups is 1. The van der Waals surface area contributed by atoms with Crippen LogP contribution in [-0.4, -0.2) is 38.9 Å². The number of aryl methyl sites for hydroxylation is 2. The number of hydrogen-bond donors (Lipinski definition) is 0. The number of hydrogen-bond acceptors (Lipinski definition) is 5. The summed E-state index contributed by atoms with van der Waals surface area (Å²) in [6.45, 7) is 4.66. The van der Waals surface area contributed by atoms with Crippen LogP contribution >= 0.6 is 0 Å². The first-order valence-corrected chi connectivity index (χ1v) is 10.2. The van der Waals surface area contributed by atoms with Crippen molar-refractivity contribution in [2.24, 2.45) is 0 Å². The third kappa shape index (κ3) is 3.84. The molecule has 0 N–H and O–H groups in total. The number of benzene rings is 2. The summed E-state index contributed by atoms with van der Waals surface area (Å²) >= 11 is 0. The van der Waals surface area contributed by atoms with Gasteiger partial charge in [-0.05, 0) is 56.0 Å². The average molecular weight is 389 g/mol. The maximum absolute atomic E-state index is 12.9. The summed E-state index contributed by atoms with van der Waals surface area (Å²) in [5.74, 6) is 0.0979. The van der Waals surface area contributed by atoms with E-state index < -0.39 is 16.0 Å². The first-order valence-electron chi connectivity index (χ1n) is 8.81. The number of carbonyl (C=O) groups excluding carboxylic acids is 1. The molecular formula is C20H23NO5S. The van der Waals surface area contributed by atoms with Crippen LogP contribution < -0.4 is 9.47 Å². The standard InChI is InChI=1S/C20H23NO5S/c1-14-7-6-8-15(2)19(14)26-20(22)16-9-10-17(25-3)18(13-16)27(23,24)21-11-4-5-12-21/h6-10,13H,4-5,11-12H2,1-3H3. The first-order chi connectivity index (χ1) is 12.8. The predicted molar refractivity (Wildman–Crippen MR) is 102 cm³/mol. The van der Waals surface area contributed by atoms with Gasteiger partial charge in [0.1, 0.15) is 16.4 Å². The van der Waals surface area contributed by atoms with Gasteiger partial charge in [0, 0.05) is 13.1 Å². The van der Waals surface area contributed by atoms with Gasteiger partial charge in [-0.1, -0.05) is 18.2 Å². The van der Waals surface area contributed by atoms with Gasteiger partial charge < -0.3 is 9.47 Å². The van der Waals surface area contributed by atoms with Crippen molar-refractivity contribution in [3.05, 3.63) is 53.1 Å². The molecule has 3 rings (SSSR count). The van der Waals surface area contributed by atoms with Gasteiger partial charge in [0.05, 0.1) is 12.7 Å². The van der Waals surface area contributed by atoms with Crippen molar-refractivity contribution >= 4 is 16.0 Å². The van der Waals surface area contributed by atoms with Gasteiger partial charge in [-0.25, -0.2) is 13.2 Å². The highest BCUT2D eigenvalue weighted by molar-refractivity contribution is 7.89. The molecule has 0 aromatic heterocycles. The lowest BCUT2D eigenvalue weighted by atomic mass is 10.1. The number of methoxy groups -OCH3 is 1. The molecule has 0 saturated carbocycles. The monoisotopic (exact) mass is 389 g/mol. The number of esters is 1. The molecule has 0 spiro atoms. The van der Waals surface area contributed by atoms with Crippen LogP contribution in [0.4, 0.5) is 0 Å². The topological polar surface area (TPSA) is 72.9 Å². The number of para-hydroxylation sites is 1. The second-order valence-corrected chi connectivity index (χ2v) is 8.49. The zero-order chi connectivity index (χ0) is 19.6. The molecule has 0 atom stereocenters. The Bertz CT molecular complexity index is 942. The zero-order valence-electron chi connectivity index (χ0n) is 15.7. The van der Waals surface area contributed by atoms with Crippen LogP contribution in [0.3, 0.4) is 0 Å². The van der Waals surface area contributed by atoms with Crippen LogP contribution in [0.15, 0.2) is 41.3 Å². The molecule has 1 aliphatic heterocycles. The molecule has 144 valence electrons. The van der Waals surface area contributed by atoms with Crippen LogP contribution in [0.25, 0.3) is 0 Å². The summed E-state index contributed by atoms with van der Waals surface area (Å²) in [6, 6.07) is 9.93. The molecule has 7 heteroatoms. The fraction of sp³-hybridized carbons (Fsp3) is 0.350. The summed E-state index contributed by atoms with van der Waals surface area (Å²) in [5.41, 5.74) is 1.83. The van der Waals surface area contributed by atoms with E-state index in [1.807, 2.05) is 32.0 Å². The van der Waals surface area contributed by atoms with Crippen molar-refractivity contribution in [1.82, 2.24) is 4.31 Å². The highest BCUT2D eigenvalue weighted by Crippen LogP contribution is 2.31. The third-order valence-corrected chi connectivity index (χ3v) is 6.61. The summed E-state index contributed by atoms with van der Waals surface area (Å²) in [7, 11) is -2.32. The average Bonchev–Trinajstić information content (AvgIpc) is 3.20. The normalized spacial score (nSPS) is 14.9. The lowest BCUT2D eigenvalue weighted by Gasteiger charge is -2.18. The van der Waals surface area contributed by atoms with Gasteiger partial charge in [-0.15, -0.1) is 0 Å². The van der Waals surface area contributed by atoms with Crippen molar-refractivity contribution in [1.29, 1.82) is 0 Å². The largest absolute Gasteiger partial charge is 0.495 e. The molecule has 0 bridgehead atoms. The summed E-state index contributed by atoms with van der Waals surface area (Å²) in [4.78, 5) is 12.6.